The molecule has 3 heterocycles. The van der Waals surface area contributed by atoms with Gasteiger partial charge in [-0.15, -0.1) is 0 Å². The van der Waals surface area contributed by atoms with Gasteiger partial charge in [0.05, 0.1) is 37.0 Å². The molecule has 3 saturated heterocycles. The van der Waals surface area contributed by atoms with Crippen molar-refractivity contribution in [3.63, 3.8) is 0 Å². The maximum atomic E-state index is 12.7. The highest BCUT2D eigenvalue weighted by molar-refractivity contribution is 5.81. The van der Waals surface area contributed by atoms with E-state index in [9.17, 15) is 45.6 Å². The van der Waals surface area contributed by atoms with Gasteiger partial charge in [0.25, 0.3) is 5.91 Å². The number of rotatable bonds is 13. The second-order valence-electron chi connectivity index (χ2n) is 12.6. The molecule has 1 aliphatic carbocycles. The average Bonchev–Trinajstić information content (AvgIpc) is 3.36. The minimum atomic E-state index is -1.93. The third kappa shape index (κ3) is 8.77. The van der Waals surface area contributed by atoms with Gasteiger partial charge in [0.15, 0.2) is 25.0 Å². The number of aliphatic hydroxyl groups excluding tert-OH is 8. The van der Waals surface area contributed by atoms with Crippen LogP contribution in [0.1, 0.15) is 19.3 Å². The molecule has 19 N–H and O–H groups in total. The van der Waals surface area contributed by atoms with E-state index in [1.54, 1.807) is 0 Å². The van der Waals surface area contributed by atoms with E-state index in [0.717, 1.165) is 0 Å². The molecule has 0 aromatic carbocycles. The van der Waals surface area contributed by atoms with Crippen LogP contribution in [-0.2, 0) is 33.2 Å². The number of nitrogens with one attached hydrogen (secondary N) is 1. The van der Waals surface area contributed by atoms with E-state index in [0.29, 0.717) is 0 Å². The van der Waals surface area contributed by atoms with Crippen molar-refractivity contribution in [3.05, 3.63) is 0 Å². The highest BCUT2D eigenvalue weighted by atomic mass is 16.8. The number of carbonyl (C=O) groups is 1. The van der Waals surface area contributed by atoms with Gasteiger partial charge in [-0.1, -0.05) is 0 Å². The van der Waals surface area contributed by atoms with E-state index >= 15 is 0 Å². The fraction of sp³-hybridized carbons (Fsp3) is 0.963. The molecule has 4 aliphatic rings. The second kappa shape index (κ2) is 17.3. The number of carbonyl (C=O) groups excluding carboxylic acids is 1. The topological polar surface area (TPSA) is 376 Å². The summed E-state index contributed by atoms with van der Waals surface area (Å²) in [6.45, 7) is -1.21. The Balaban J connectivity index is 1.55. The molecule has 21 nitrogen and oxygen atoms in total. The number of hydrogen-bond acceptors (Lipinski definition) is 20. The summed E-state index contributed by atoms with van der Waals surface area (Å²) in [5, 5.41) is 86.1. The molecule has 0 aromatic rings. The summed E-state index contributed by atoms with van der Waals surface area (Å²) in [5.74, 6) is -1.06. The number of aliphatic hydroxyl groups is 8. The van der Waals surface area contributed by atoms with Crippen LogP contribution in [0.25, 0.3) is 0 Å². The van der Waals surface area contributed by atoms with Gasteiger partial charge in [-0.05, 0) is 6.42 Å². The summed E-state index contributed by atoms with van der Waals surface area (Å²) in [6, 6.07) is -3.27. The molecule has 19 atom stereocenters. The largest absolute Gasteiger partial charge is 0.394 e. The normalized spacial score (nSPS) is 46.6. The van der Waals surface area contributed by atoms with Crippen LogP contribution in [0.15, 0.2) is 0 Å². The maximum Gasteiger partial charge on any atom is 0.251 e. The predicted molar refractivity (Wildman–Crippen MR) is 159 cm³/mol. The van der Waals surface area contributed by atoms with E-state index < -0.39 is 135 Å². The molecule has 0 aromatic heterocycles. The highest BCUT2D eigenvalue weighted by Crippen LogP contribution is 2.34. The lowest BCUT2D eigenvalue weighted by atomic mass is 9.83. The van der Waals surface area contributed by atoms with Gasteiger partial charge in [0.2, 0.25) is 0 Å². The Labute approximate surface area is 276 Å². The van der Waals surface area contributed by atoms with Gasteiger partial charge in [-0.25, -0.2) is 0 Å². The van der Waals surface area contributed by atoms with Crippen LogP contribution in [0.4, 0.5) is 0 Å². The number of ether oxygens (including phenoxy) is 6. The SMILES string of the molecule is NCC1CC(O)C(N)C(OC2C(CO)OC(OC3C(O)C(NC(=O)C(O)C(O)CN)CC(N)C3OC3CC(O)C(O)C(CN)O3)C2O)O1. The summed E-state index contributed by atoms with van der Waals surface area (Å²) in [5.41, 5.74) is 29.2. The van der Waals surface area contributed by atoms with E-state index in [1.807, 2.05) is 0 Å². The minimum absolute atomic E-state index is 0.0520. The van der Waals surface area contributed by atoms with Gasteiger partial charge < -0.3 is 103 Å². The fourth-order valence-corrected chi connectivity index (χ4v) is 6.32. The van der Waals surface area contributed by atoms with Gasteiger partial charge >= 0.3 is 0 Å². The van der Waals surface area contributed by atoms with Crippen LogP contribution >= 0.6 is 0 Å². The first-order chi connectivity index (χ1) is 22.7. The van der Waals surface area contributed by atoms with Gasteiger partial charge in [0, 0.05) is 38.5 Å². The molecule has 1 saturated carbocycles. The lowest BCUT2D eigenvalue weighted by molar-refractivity contribution is -0.302. The number of hydrogen-bond donors (Lipinski definition) is 14. The van der Waals surface area contributed by atoms with Crippen LogP contribution in [0.5, 0.6) is 0 Å². The molecular formula is C27H52N6O15. The number of amides is 1. The quantitative estimate of drug-likeness (QED) is 0.0847. The van der Waals surface area contributed by atoms with Gasteiger partial charge in [0.1, 0.15) is 54.9 Å². The minimum Gasteiger partial charge on any atom is -0.394 e. The first-order valence-corrected chi connectivity index (χ1v) is 16.0. The molecule has 4 rings (SSSR count). The fourth-order valence-electron chi connectivity index (χ4n) is 6.32. The van der Waals surface area contributed by atoms with Crippen LogP contribution in [-0.4, -0.2) is 189 Å². The monoisotopic (exact) mass is 700 g/mol. The molecule has 0 bridgehead atoms. The molecule has 0 radical (unpaired) electrons. The van der Waals surface area contributed by atoms with Crippen molar-refractivity contribution in [2.75, 3.05) is 26.2 Å². The molecule has 3 aliphatic heterocycles. The first kappa shape index (κ1) is 39.5. The average molecular weight is 701 g/mol. The second-order valence-corrected chi connectivity index (χ2v) is 12.6. The van der Waals surface area contributed by atoms with Crippen LogP contribution in [0.3, 0.4) is 0 Å². The molecule has 21 heteroatoms. The molecule has 0 spiro atoms. The van der Waals surface area contributed by atoms with E-state index in [2.05, 4.69) is 5.32 Å². The maximum absolute atomic E-state index is 12.7. The standard InChI is InChI=1S/C27H52N6O15/c28-4-8-1-11(35)17(32)26(43-8)47-23-15(7-34)45-27(21(23)41)48-24-18(38)10(33-25(42)20(40)13(37)5-29)2-9(31)22(24)46-16-3-12(36)19(39)14(6-30)44-16/h8-24,26-27,34-41H,1-7,28-32H2,(H,33,42). The Morgan fingerprint density at radius 2 is 1.46 bits per heavy atom. The van der Waals surface area contributed by atoms with Crippen molar-refractivity contribution >= 4 is 5.91 Å². The van der Waals surface area contributed by atoms with E-state index in [4.69, 9.17) is 57.1 Å². The Morgan fingerprint density at radius 1 is 0.771 bits per heavy atom. The molecule has 48 heavy (non-hydrogen) atoms. The lowest BCUT2D eigenvalue weighted by Crippen LogP contribution is -2.67. The predicted octanol–water partition coefficient (Wildman–Crippen LogP) is -8.97. The van der Waals surface area contributed by atoms with Crippen molar-refractivity contribution in [1.82, 2.24) is 5.32 Å². The van der Waals surface area contributed by atoms with Crippen molar-refractivity contribution in [1.29, 1.82) is 0 Å². The summed E-state index contributed by atoms with van der Waals surface area (Å²) in [6.07, 6.45) is -21.6. The van der Waals surface area contributed by atoms with Gasteiger partial charge in [-0.3, -0.25) is 4.79 Å². The lowest BCUT2D eigenvalue weighted by Gasteiger charge is -2.46. The Morgan fingerprint density at radius 3 is 2.08 bits per heavy atom. The number of nitrogens with two attached hydrogens (primary N) is 5. The Bertz CT molecular complexity index is 1030. The van der Waals surface area contributed by atoms with Crippen molar-refractivity contribution in [2.24, 2.45) is 28.7 Å². The van der Waals surface area contributed by atoms with Crippen molar-refractivity contribution in [3.8, 4) is 0 Å². The molecule has 4 fully saturated rings. The zero-order valence-electron chi connectivity index (χ0n) is 26.2. The molecular weight excluding hydrogens is 648 g/mol. The van der Waals surface area contributed by atoms with Crippen LogP contribution in [0, 0.1) is 0 Å². The molecule has 1 amide bonds. The summed E-state index contributed by atoms with van der Waals surface area (Å²) < 4.78 is 35.2. The first-order valence-electron chi connectivity index (χ1n) is 16.0. The van der Waals surface area contributed by atoms with Crippen LogP contribution in [0.2, 0.25) is 0 Å². The zero-order valence-corrected chi connectivity index (χ0v) is 26.2. The zero-order chi connectivity index (χ0) is 35.4. The van der Waals surface area contributed by atoms with Gasteiger partial charge in [-0.2, -0.15) is 0 Å². The molecule has 280 valence electrons. The van der Waals surface area contributed by atoms with E-state index in [1.165, 1.54) is 0 Å². The third-order valence-electron chi connectivity index (χ3n) is 9.21. The Kier molecular flexibility index (Phi) is 14.2. The third-order valence-corrected chi connectivity index (χ3v) is 9.21. The van der Waals surface area contributed by atoms with Crippen molar-refractivity contribution < 1.29 is 74.1 Å². The molecule has 19 unspecified atom stereocenters. The Hall–Kier alpha value is -1.29. The van der Waals surface area contributed by atoms with E-state index in [-0.39, 0.29) is 32.4 Å². The summed E-state index contributed by atoms with van der Waals surface area (Å²) >= 11 is 0. The summed E-state index contributed by atoms with van der Waals surface area (Å²) in [4.78, 5) is 12.7. The highest BCUT2D eigenvalue weighted by Gasteiger charge is 2.54. The smallest absolute Gasteiger partial charge is 0.251 e. The van der Waals surface area contributed by atoms with Crippen LogP contribution < -0.4 is 34.0 Å². The summed E-state index contributed by atoms with van der Waals surface area (Å²) in [7, 11) is 0. The van der Waals surface area contributed by atoms with Crippen molar-refractivity contribution in [2.45, 2.75) is 136 Å².